The molecule has 1 heterocycles. The van der Waals surface area contributed by atoms with E-state index in [1.807, 2.05) is 0 Å². The van der Waals surface area contributed by atoms with Gasteiger partial charge < -0.3 is 10.5 Å². The number of carbonyl (C=O) groups excluding carboxylic acids is 1. The Labute approximate surface area is 59.1 Å². The minimum atomic E-state index is -0.343. The van der Waals surface area contributed by atoms with Crippen LogP contribution in [0.25, 0.3) is 0 Å². The molecule has 10 heavy (non-hydrogen) atoms. The second-order valence-corrected chi connectivity index (χ2v) is 2.20. The van der Waals surface area contributed by atoms with Gasteiger partial charge in [-0.3, -0.25) is 4.99 Å². The topological polar surface area (TPSA) is 64.7 Å². The molecule has 0 aliphatic carbocycles. The Hall–Kier alpha value is -1.06. The summed E-state index contributed by atoms with van der Waals surface area (Å²) in [6, 6.07) is -0.343. The number of hydrogen-bond acceptors (Lipinski definition) is 4. The van der Waals surface area contributed by atoms with Crippen molar-refractivity contribution in [3.63, 3.8) is 0 Å². The van der Waals surface area contributed by atoms with Crippen LogP contribution in [0.15, 0.2) is 4.99 Å². The van der Waals surface area contributed by atoms with Gasteiger partial charge in [-0.1, -0.05) is 0 Å². The number of hydrogen-bond donors (Lipinski definition) is 1. The van der Waals surface area contributed by atoms with Crippen molar-refractivity contribution >= 4 is 11.8 Å². The highest BCUT2D eigenvalue weighted by Gasteiger charge is 2.23. The Bertz CT molecular complexity index is 177. The van der Waals surface area contributed by atoms with Crippen molar-refractivity contribution < 1.29 is 9.53 Å². The fourth-order valence-electron chi connectivity index (χ4n) is 0.920. The molecule has 0 amide bonds. The molecule has 0 spiro atoms. The predicted molar refractivity (Wildman–Crippen MR) is 36.7 cm³/mol. The molecule has 1 aliphatic rings. The lowest BCUT2D eigenvalue weighted by atomic mass is 10.2. The van der Waals surface area contributed by atoms with Gasteiger partial charge in [0.05, 0.1) is 12.9 Å². The van der Waals surface area contributed by atoms with Crippen molar-refractivity contribution in [2.24, 2.45) is 10.7 Å². The molecular weight excluding hydrogens is 132 g/mol. The molecule has 2 N–H and O–H groups in total. The van der Waals surface area contributed by atoms with Crippen LogP contribution in [0.3, 0.4) is 0 Å². The molecule has 0 bridgehead atoms. The fourth-order valence-corrected chi connectivity index (χ4v) is 0.920. The van der Waals surface area contributed by atoms with Gasteiger partial charge in [-0.2, -0.15) is 0 Å². The maximum Gasteiger partial charge on any atom is 0.330 e. The summed E-state index contributed by atoms with van der Waals surface area (Å²) < 4.78 is 4.48. The largest absolute Gasteiger partial charge is 0.467 e. The Morgan fingerprint density at radius 2 is 2.60 bits per heavy atom. The van der Waals surface area contributed by atoms with E-state index < -0.39 is 0 Å². The summed E-state index contributed by atoms with van der Waals surface area (Å²) in [5.74, 6) is 0.260. The summed E-state index contributed by atoms with van der Waals surface area (Å²) in [6.07, 6.45) is 1.40. The number of ether oxygens (including phenoxy) is 1. The van der Waals surface area contributed by atoms with Crippen molar-refractivity contribution in [3.05, 3.63) is 0 Å². The van der Waals surface area contributed by atoms with E-state index in [1.165, 1.54) is 7.11 Å². The van der Waals surface area contributed by atoms with Crippen molar-refractivity contribution in [1.29, 1.82) is 0 Å². The minimum absolute atomic E-state index is 0.291. The molecule has 0 radical (unpaired) electrons. The third kappa shape index (κ3) is 1.26. The zero-order valence-electron chi connectivity index (χ0n) is 5.83. The van der Waals surface area contributed by atoms with E-state index in [9.17, 15) is 4.79 Å². The smallest absolute Gasteiger partial charge is 0.330 e. The van der Waals surface area contributed by atoms with Crippen LogP contribution in [0.4, 0.5) is 0 Å². The van der Waals surface area contributed by atoms with Crippen molar-refractivity contribution in [2.75, 3.05) is 7.11 Å². The van der Waals surface area contributed by atoms with Gasteiger partial charge in [-0.05, 0) is 6.42 Å². The molecule has 0 saturated heterocycles. The van der Waals surface area contributed by atoms with Crippen LogP contribution in [0.5, 0.6) is 0 Å². The zero-order valence-corrected chi connectivity index (χ0v) is 5.83. The first-order chi connectivity index (χ1) is 4.74. The lowest BCUT2D eigenvalue weighted by Crippen LogP contribution is -2.17. The Kier molecular flexibility index (Phi) is 1.89. The molecule has 0 saturated carbocycles. The summed E-state index contributed by atoms with van der Waals surface area (Å²) >= 11 is 0. The highest BCUT2D eigenvalue weighted by molar-refractivity contribution is 5.88. The lowest BCUT2D eigenvalue weighted by Gasteiger charge is -2.00. The molecule has 1 rings (SSSR count). The first-order valence-corrected chi connectivity index (χ1v) is 3.14. The molecule has 56 valence electrons. The van der Waals surface area contributed by atoms with Crippen LogP contribution in [-0.4, -0.2) is 25.0 Å². The number of nitrogens with zero attached hydrogens (tertiary/aromatic N) is 1. The summed E-state index contributed by atoms with van der Waals surface area (Å²) in [7, 11) is 1.35. The van der Waals surface area contributed by atoms with E-state index in [4.69, 9.17) is 5.73 Å². The van der Waals surface area contributed by atoms with Gasteiger partial charge in [0, 0.05) is 6.42 Å². The summed E-state index contributed by atoms with van der Waals surface area (Å²) in [4.78, 5) is 14.7. The van der Waals surface area contributed by atoms with Gasteiger partial charge in [0.1, 0.15) is 6.04 Å². The van der Waals surface area contributed by atoms with Crippen molar-refractivity contribution in [2.45, 2.75) is 18.9 Å². The van der Waals surface area contributed by atoms with E-state index >= 15 is 0 Å². The monoisotopic (exact) mass is 142 g/mol. The fraction of sp³-hybridized carbons (Fsp3) is 0.667. The molecule has 0 aromatic carbocycles. The molecule has 0 unspecified atom stereocenters. The lowest BCUT2D eigenvalue weighted by molar-refractivity contribution is -0.141. The standard InChI is InChI=1S/C6H10N2O2/c1-10-6(9)4-2-3-5(7)8-4/h4H,2-3H2,1H3,(H2,7,8)/t4-/m1/s1. The number of methoxy groups -OCH3 is 1. The molecule has 4 nitrogen and oxygen atoms in total. The quantitative estimate of drug-likeness (QED) is 0.510. The van der Waals surface area contributed by atoms with E-state index in [1.54, 1.807) is 0 Å². The average Bonchev–Trinajstić information content (AvgIpc) is 2.34. The minimum Gasteiger partial charge on any atom is -0.467 e. The van der Waals surface area contributed by atoms with E-state index in [-0.39, 0.29) is 12.0 Å². The molecule has 1 aliphatic heterocycles. The number of nitrogens with two attached hydrogens (primary N) is 1. The molecule has 0 aromatic rings. The Balaban J connectivity index is 2.52. The van der Waals surface area contributed by atoms with Crippen LogP contribution in [0, 0.1) is 0 Å². The maximum absolute atomic E-state index is 10.8. The molecule has 0 fully saturated rings. The van der Waals surface area contributed by atoms with Gasteiger partial charge in [-0.25, -0.2) is 4.79 Å². The van der Waals surface area contributed by atoms with Gasteiger partial charge in [0.15, 0.2) is 0 Å². The van der Waals surface area contributed by atoms with Gasteiger partial charge in [0.2, 0.25) is 0 Å². The van der Waals surface area contributed by atoms with Crippen LogP contribution >= 0.6 is 0 Å². The Morgan fingerprint density at radius 1 is 1.90 bits per heavy atom. The summed E-state index contributed by atoms with van der Waals surface area (Å²) in [6.45, 7) is 0. The second-order valence-electron chi connectivity index (χ2n) is 2.20. The average molecular weight is 142 g/mol. The van der Waals surface area contributed by atoms with E-state index in [0.717, 1.165) is 0 Å². The molecule has 4 heteroatoms. The molecule has 0 aromatic heterocycles. The number of rotatable bonds is 1. The van der Waals surface area contributed by atoms with Gasteiger partial charge in [-0.15, -0.1) is 0 Å². The summed E-state index contributed by atoms with van der Waals surface area (Å²) in [5, 5.41) is 0. The third-order valence-electron chi connectivity index (χ3n) is 1.47. The maximum atomic E-state index is 10.8. The molecular formula is C6H10N2O2. The van der Waals surface area contributed by atoms with Crippen LogP contribution in [0.2, 0.25) is 0 Å². The zero-order chi connectivity index (χ0) is 7.56. The first kappa shape index (κ1) is 7.05. The highest BCUT2D eigenvalue weighted by atomic mass is 16.5. The van der Waals surface area contributed by atoms with E-state index in [2.05, 4.69) is 9.73 Å². The van der Waals surface area contributed by atoms with Crippen LogP contribution < -0.4 is 5.73 Å². The van der Waals surface area contributed by atoms with Gasteiger partial charge in [0.25, 0.3) is 0 Å². The first-order valence-electron chi connectivity index (χ1n) is 3.14. The van der Waals surface area contributed by atoms with Crippen molar-refractivity contribution in [1.82, 2.24) is 0 Å². The number of carbonyl (C=O) groups is 1. The van der Waals surface area contributed by atoms with E-state index in [0.29, 0.717) is 18.7 Å². The summed E-state index contributed by atoms with van der Waals surface area (Å²) in [5.41, 5.74) is 5.36. The van der Waals surface area contributed by atoms with Gasteiger partial charge >= 0.3 is 5.97 Å². The Morgan fingerprint density at radius 3 is 3.00 bits per heavy atom. The number of esters is 1. The number of aliphatic imine (C=N–C) groups is 1. The third-order valence-corrected chi connectivity index (χ3v) is 1.47. The highest BCUT2D eigenvalue weighted by Crippen LogP contribution is 2.11. The SMILES string of the molecule is COC(=O)[C@H]1CCC(N)=N1. The van der Waals surface area contributed by atoms with Crippen molar-refractivity contribution in [3.8, 4) is 0 Å². The predicted octanol–water partition coefficient (Wildman–Crippen LogP) is -0.321. The van der Waals surface area contributed by atoms with Crippen LogP contribution in [-0.2, 0) is 9.53 Å². The van der Waals surface area contributed by atoms with Crippen LogP contribution in [0.1, 0.15) is 12.8 Å². The second kappa shape index (κ2) is 2.68. The molecule has 1 atom stereocenters. The number of amidine groups is 1. The normalized spacial score (nSPS) is 24.1.